The molecular weight excluding hydrogens is 238 g/mol. The summed E-state index contributed by atoms with van der Waals surface area (Å²) < 4.78 is 5.83. The molecule has 19 heavy (non-hydrogen) atoms. The van der Waals surface area contributed by atoms with Crippen LogP contribution < -0.4 is 10.5 Å². The molecule has 2 rings (SSSR count). The zero-order chi connectivity index (χ0) is 13.7. The smallest absolute Gasteiger partial charge is 0.141 e. The Hall–Kier alpha value is -1.94. The highest BCUT2D eigenvalue weighted by atomic mass is 16.5. The number of aromatic nitrogens is 2. The first-order chi connectivity index (χ1) is 9.20. The normalized spacial score (nSPS) is 10.5. The van der Waals surface area contributed by atoms with Crippen molar-refractivity contribution < 1.29 is 4.74 Å². The minimum Gasteiger partial charge on any atom is -0.485 e. The molecular formula is C15H19N3O. The third-order valence-corrected chi connectivity index (χ3v) is 2.94. The van der Waals surface area contributed by atoms with E-state index in [9.17, 15) is 0 Å². The maximum absolute atomic E-state index is 5.83. The van der Waals surface area contributed by atoms with Crippen LogP contribution in [-0.4, -0.2) is 16.5 Å². The summed E-state index contributed by atoms with van der Waals surface area (Å²) in [5.41, 5.74) is 9.57. The molecule has 2 N–H and O–H groups in total. The molecule has 2 heterocycles. The van der Waals surface area contributed by atoms with Crippen molar-refractivity contribution in [2.75, 3.05) is 6.54 Å². The molecule has 2 aromatic heterocycles. The van der Waals surface area contributed by atoms with E-state index in [-0.39, 0.29) is 0 Å². The van der Waals surface area contributed by atoms with Crippen LogP contribution >= 0.6 is 0 Å². The van der Waals surface area contributed by atoms with Gasteiger partial charge in [0.05, 0.1) is 11.4 Å². The molecule has 0 amide bonds. The van der Waals surface area contributed by atoms with Crippen molar-refractivity contribution in [1.82, 2.24) is 9.97 Å². The maximum Gasteiger partial charge on any atom is 0.141 e. The number of hydrogen-bond donors (Lipinski definition) is 1. The third-order valence-electron chi connectivity index (χ3n) is 2.94. The van der Waals surface area contributed by atoms with Gasteiger partial charge in [-0.2, -0.15) is 0 Å². The Morgan fingerprint density at radius 3 is 2.74 bits per heavy atom. The number of aryl methyl sites for hydroxylation is 2. The second-order valence-electron chi connectivity index (χ2n) is 4.49. The van der Waals surface area contributed by atoms with Crippen molar-refractivity contribution in [3.63, 3.8) is 0 Å². The number of ether oxygens (including phenoxy) is 1. The van der Waals surface area contributed by atoms with Gasteiger partial charge in [0.2, 0.25) is 0 Å². The number of nitrogens with zero attached hydrogens (tertiary/aromatic N) is 2. The average molecular weight is 257 g/mol. The van der Waals surface area contributed by atoms with Gasteiger partial charge in [0.1, 0.15) is 12.4 Å². The average Bonchev–Trinajstić information content (AvgIpc) is 2.40. The van der Waals surface area contributed by atoms with E-state index < -0.39 is 0 Å². The van der Waals surface area contributed by atoms with Gasteiger partial charge in [-0.05, 0) is 44.2 Å². The van der Waals surface area contributed by atoms with Crippen molar-refractivity contribution in [2.24, 2.45) is 5.73 Å². The van der Waals surface area contributed by atoms with E-state index in [4.69, 9.17) is 10.5 Å². The van der Waals surface area contributed by atoms with E-state index >= 15 is 0 Å². The van der Waals surface area contributed by atoms with Crippen LogP contribution in [0.2, 0.25) is 0 Å². The van der Waals surface area contributed by atoms with Gasteiger partial charge in [-0.15, -0.1) is 0 Å². The zero-order valence-electron chi connectivity index (χ0n) is 11.4. The molecule has 0 unspecified atom stereocenters. The van der Waals surface area contributed by atoms with E-state index in [1.807, 2.05) is 38.1 Å². The lowest BCUT2D eigenvalue weighted by atomic mass is 10.2. The van der Waals surface area contributed by atoms with Gasteiger partial charge in [0.15, 0.2) is 0 Å². The third kappa shape index (κ3) is 3.51. The van der Waals surface area contributed by atoms with Crippen molar-refractivity contribution in [3.05, 3.63) is 53.1 Å². The lowest BCUT2D eigenvalue weighted by molar-refractivity contribution is 0.295. The number of nitrogens with two attached hydrogens (primary N) is 1. The lowest BCUT2D eigenvalue weighted by Crippen LogP contribution is -2.08. The Kier molecular flexibility index (Phi) is 4.47. The summed E-state index contributed by atoms with van der Waals surface area (Å²) in [6.07, 6.45) is 2.50. The molecule has 100 valence electrons. The minimum absolute atomic E-state index is 0.453. The predicted molar refractivity (Wildman–Crippen MR) is 75.0 cm³/mol. The topological polar surface area (TPSA) is 61.0 Å². The van der Waals surface area contributed by atoms with Crippen LogP contribution in [0.5, 0.6) is 5.75 Å². The monoisotopic (exact) mass is 257 g/mol. The molecule has 0 saturated carbocycles. The van der Waals surface area contributed by atoms with E-state index in [1.165, 1.54) is 0 Å². The zero-order valence-corrected chi connectivity index (χ0v) is 11.4. The molecule has 0 atom stereocenters. The van der Waals surface area contributed by atoms with Gasteiger partial charge in [-0.25, -0.2) is 0 Å². The van der Waals surface area contributed by atoms with Gasteiger partial charge in [0.25, 0.3) is 0 Å². The lowest BCUT2D eigenvalue weighted by Gasteiger charge is -2.11. The summed E-state index contributed by atoms with van der Waals surface area (Å²) in [5, 5.41) is 0. The fourth-order valence-electron chi connectivity index (χ4n) is 1.86. The van der Waals surface area contributed by atoms with Crippen LogP contribution in [-0.2, 0) is 13.0 Å². The molecule has 0 spiro atoms. The number of pyridine rings is 2. The summed E-state index contributed by atoms with van der Waals surface area (Å²) in [4.78, 5) is 8.79. The van der Waals surface area contributed by atoms with Crippen LogP contribution in [0.1, 0.15) is 22.6 Å². The summed E-state index contributed by atoms with van der Waals surface area (Å²) in [5.74, 6) is 0.793. The molecule has 2 aromatic rings. The first kappa shape index (κ1) is 13.5. The predicted octanol–water partition coefficient (Wildman–Crippen LogP) is 2.17. The van der Waals surface area contributed by atoms with Crippen molar-refractivity contribution in [1.29, 1.82) is 0 Å². The molecule has 0 aromatic carbocycles. The highest BCUT2D eigenvalue weighted by molar-refractivity contribution is 5.30. The summed E-state index contributed by atoms with van der Waals surface area (Å²) >= 11 is 0. The largest absolute Gasteiger partial charge is 0.485 e. The van der Waals surface area contributed by atoms with Gasteiger partial charge >= 0.3 is 0 Å². The van der Waals surface area contributed by atoms with Crippen LogP contribution in [0.4, 0.5) is 0 Å². The van der Waals surface area contributed by atoms with Crippen molar-refractivity contribution in [2.45, 2.75) is 26.9 Å². The van der Waals surface area contributed by atoms with Gasteiger partial charge in [0, 0.05) is 18.3 Å². The van der Waals surface area contributed by atoms with Crippen molar-refractivity contribution >= 4 is 0 Å². The Bertz CT molecular complexity index is 555. The molecule has 0 fully saturated rings. The van der Waals surface area contributed by atoms with E-state index in [0.29, 0.717) is 13.2 Å². The molecule has 0 radical (unpaired) electrons. The fraction of sp³-hybridized carbons (Fsp3) is 0.333. The second kappa shape index (κ2) is 6.29. The molecule has 4 heteroatoms. The Morgan fingerprint density at radius 1 is 1.16 bits per heavy atom. The molecule has 0 aliphatic carbocycles. The second-order valence-corrected chi connectivity index (χ2v) is 4.49. The highest BCUT2D eigenvalue weighted by Crippen LogP contribution is 2.19. The van der Waals surface area contributed by atoms with Gasteiger partial charge < -0.3 is 10.5 Å². The first-order valence-corrected chi connectivity index (χ1v) is 6.40. The van der Waals surface area contributed by atoms with Crippen LogP contribution in [0, 0.1) is 13.8 Å². The molecule has 4 nitrogen and oxygen atoms in total. The first-order valence-electron chi connectivity index (χ1n) is 6.40. The summed E-state index contributed by atoms with van der Waals surface area (Å²) in [6, 6.07) is 7.85. The van der Waals surface area contributed by atoms with Gasteiger partial charge in [-0.3, -0.25) is 9.97 Å². The van der Waals surface area contributed by atoms with E-state index in [0.717, 1.165) is 34.8 Å². The van der Waals surface area contributed by atoms with E-state index in [1.54, 1.807) is 6.20 Å². The SMILES string of the molecule is Cc1ccc(OCc2ncccc2C)c(CCN)n1. The van der Waals surface area contributed by atoms with Crippen molar-refractivity contribution in [3.8, 4) is 5.75 Å². The summed E-state index contributed by atoms with van der Waals surface area (Å²) in [7, 11) is 0. The Balaban J connectivity index is 2.13. The molecule has 0 saturated heterocycles. The molecule has 0 aliphatic heterocycles. The summed E-state index contributed by atoms with van der Waals surface area (Å²) in [6.45, 7) is 5.01. The minimum atomic E-state index is 0.453. The van der Waals surface area contributed by atoms with Crippen LogP contribution in [0.25, 0.3) is 0 Å². The highest BCUT2D eigenvalue weighted by Gasteiger charge is 2.07. The fourth-order valence-corrected chi connectivity index (χ4v) is 1.86. The Labute approximate surface area is 113 Å². The van der Waals surface area contributed by atoms with Crippen LogP contribution in [0.3, 0.4) is 0 Å². The molecule has 0 aliphatic rings. The van der Waals surface area contributed by atoms with E-state index in [2.05, 4.69) is 9.97 Å². The van der Waals surface area contributed by atoms with Gasteiger partial charge in [-0.1, -0.05) is 6.07 Å². The standard InChI is InChI=1S/C15H19N3O/c1-11-4-3-9-17-14(11)10-19-15-6-5-12(2)18-13(15)7-8-16/h3-6,9H,7-8,10,16H2,1-2H3. The maximum atomic E-state index is 5.83. The quantitative estimate of drug-likeness (QED) is 0.891. The number of hydrogen-bond acceptors (Lipinski definition) is 4. The van der Waals surface area contributed by atoms with Crippen LogP contribution in [0.15, 0.2) is 30.5 Å². The Morgan fingerprint density at radius 2 is 2.00 bits per heavy atom. The molecule has 0 bridgehead atoms. The number of rotatable bonds is 5.